The van der Waals surface area contributed by atoms with E-state index in [-0.39, 0.29) is 4.90 Å². The highest BCUT2D eigenvalue weighted by Gasteiger charge is 2.17. The zero-order chi connectivity index (χ0) is 17.2. The van der Waals surface area contributed by atoms with Crippen LogP contribution in [0.4, 0.5) is 11.4 Å². The Morgan fingerprint density at radius 2 is 1.58 bits per heavy atom. The number of piperidine rings is 1. The fourth-order valence-electron chi connectivity index (χ4n) is 2.83. The molecule has 0 radical (unpaired) electrons. The van der Waals surface area contributed by atoms with Crippen LogP contribution in [-0.4, -0.2) is 21.5 Å². The largest absolute Gasteiger partial charge is 0.372 e. The zero-order valence-electron chi connectivity index (χ0n) is 13.6. The summed E-state index contributed by atoms with van der Waals surface area (Å²) in [7, 11) is -3.60. The molecule has 1 N–H and O–H groups in total. The number of sulfonamides is 1. The molecule has 0 spiro atoms. The van der Waals surface area contributed by atoms with Gasteiger partial charge in [-0.15, -0.1) is 0 Å². The van der Waals surface area contributed by atoms with Crippen molar-refractivity contribution in [2.45, 2.75) is 24.7 Å². The first kappa shape index (κ1) is 17.1. The lowest BCUT2D eigenvalue weighted by Gasteiger charge is -2.32. The van der Waals surface area contributed by atoms with Crippen LogP contribution in [0, 0.1) is 5.92 Å². The van der Waals surface area contributed by atoms with Gasteiger partial charge in [0.1, 0.15) is 0 Å². The smallest absolute Gasteiger partial charge is 0.261 e. The molecule has 0 bridgehead atoms. The maximum Gasteiger partial charge on any atom is 0.261 e. The summed E-state index contributed by atoms with van der Waals surface area (Å²) in [5.41, 5.74) is 1.69. The van der Waals surface area contributed by atoms with Gasteiger partial charge in [0.15, 0.2) is 0 Å². The Hall–Kier alpha value is -1.72. The Morgan fingerprint density at radius 1 is 1.00 bits per heavy atom. The van der Waals surface area contributed by atoms with Crippen LogP contribution in [0.5, 0.6) is 0 Å². The predicted molar refractivity (Wildman–Crippen MR) is 99.3 cm³/mol. The SMILES string of the molecule is CC1CCN(c2ccc(NS(=O)(=O)c3ccc(Cl)cc3)cc2)CC1. The molecule has 24 heavy (non-hydrogen) atoms. The molecule has 1 fully saturated rings. The van der Waals surface area contributed by atoms with Crippen molar-refractivity contribution in [3.05, 3.63) is 53.6 Å². The fraction of sp³-hybridized carbons (Fsp3) is 0.333. The van der Waals surface area contributed by atoms with Gasteiger partial charge in [0.2, 0.25) is 0 Å². The average Bonchev–Trinajstić information content (AvgIpc) is 2.56. The van der Waals surface area contributed by atoms with Crippen molar-refractivity contribution in [2.24, 2.45) is 5.92 Å². The average molecular weight is 365 g/mol. The standard InChI is InChI=1S/C18H21ClN2O2S/c1-14-10-12-21(13-11-14)17-6-4-16(5-7-17)20-24(22,23)18-8-2-15(19)3-9-18/h2-9,14,20H,10-13H2,1H3. The summed E-state index contributed by atoms with van der Waals surface area (Å²) in [6.45, 7) is 4.39. The minimum Gasteiger partial charge on any atom is -0.372 e. The van der Waals surface area contributed by atoms with E-state index in [1.165, 1.54) is 25.0 Å². The van der Waals surface area contributed by atoms with Gasteiger partial charge in [-0.1, -0.05) is 18.5 Å². The molecule has 1 heterocycles. The topological polar surface area (TPSA) is 49.4 Å². The van der Waals surface area contributed by atoms with Crippen molar-refractivity contribution in [2.75, 3.05) is 22.7 Å². The number of nitrogens with zero attached hydrogens (tertiary/aromatic N) is 1. The van der Waals surface area contributed by atoms with E-state index in [4.69, 9.17) is 11.6 Å². The molecule has 3 rings (SSSR count). The Morgan fingerprint density at radius 3 is 2.17 bits per heavy atom. The number of hydrogen-bond donors (Lipinski definition) is 1. The molecule has 1 saturated heterocycles. The van der Waals surface area contributed by atoms with E-state index in [0.717, 1.165) is 24.7 Å². The summed E-state index contributed by atoms with van der Waals surface area (Å²) >= 11 is 5.80. The van der Waals surface area contributed by atoms with E-state index >= 15 is 0 Å². The van der Waals surface area contributed by atoms with E-state index in [9.17, 15) is 8.42 Å². The molecule has 0 saturated carbocycles. The van der Waals surface area contributed by atoms with Gasteiger partial charge >= 0.3 is 0 Å². The highest BCUT2D eigenvalue weighted by Crippen LogP contribution is 2.25. The first-order chi connectivity index (χ1) is 11.4. The normalized spacial score (nSPS) is 16.2. The fourth-order valence-corrected chi connectivity index (χ4v) is 4.02. The molecule has 4 nitrogen and oxygen atoms in total. The van der Waals surface area contributed by atoms with Crippen LogP contribution in [-0.2, 0) is 10.0 Å². The number of anilines is 2. The summed E-state index contributed by atoms with van der Waals surface area (Å²) in [5.74, 6) is 0.784. The molecule has 0 amide bonds. The molecule has 0 aromatic heterocycles. The second kappa shape index (κ2) is 7.03. The van der Waals surface area contributed by atoms with E-state index in [2.05, 4.69) is 16.5 Å². The lowest BCUT2D eigenvalue weighted by molar-refractivity contribution is 0.438. The first-order valence-electron chi connectivity index (χ1n) is 8.07. The van der Waals surface area contributed by atoms with Crippen LogP contribution < -0.4 is 9.62 Å². The number of nitrogens with one attached hydrogen (secondary N) is 1. The summed E-state index contributed by atoms with van der Waals surface area (Å²) < 4.78 is 27.3. The number of benzene rings is 2. The molecular formula is C18H21ClN2O2S. The van der Waals surface area contributed by atoms with Gasteiger partial charge in [-0.3, -0.25) is 4.72 Å². The summed E-state index contributed by atoms with van der Waals surface area (Å²) in [6.07, 6.45) is 2.40. The van der Waals surface area contributed by atoms with Crippen LogP contribution >= 0.6 is 11.6 Å². The van der Waals surface area contributed by atoms with Crippen molar-refractivity contribution in [1.29, 1.82) is 0 Å². The third kappa shape index (κ3) is 4.02. The molecule has 0 atom stereocenters. The maximum absolute atomic E-state index is 12.4. The van der Waals surface area contributed by atoms with Gasteiger partial charge in [-0.05, 0) is 67.3 Å². The lowest BCUT2D eigenvalue weighted by atomic mass is 9.99. The van der Waals surface area contributed by atoms with Crippen LogP contribution in [0.1, 0.15) is 19.8 Å². The molecule has 1 aliphatic rings. The van der Waals surface area contributed by atoms with Crippen molar-refractivity contribution >= 4 is 33.0 Å². The van der Waals surface area contributed by atoms with Crippen LogP contribution in [0.15, 0.2) is 53.4 Å². The van der Waals surface area contributed by atoms with Crippen molar-refractivity contribution < 1.29 is 8.42 Å². The van der Waals surface area contributed by atoms with Gasteiger partial charge in [0, 0.05) is 29.5 Å². The van der Waals surface area contributed by atoms with E-state index in [0.29, 0.717) is 10.7 Å². The molecule has 1 aliphatic heterocycles. The minimum atomic E-state index is -3.60. The summed E-state index contributed by atoms with van der Waals surface area (Å²) in [6, 6.07) is 13.7. The highest BCUT2D eigenvalue weighted by atomic mass is 35.5. The molecule has 128 valence electrons. The van der Waals surface area contributed by atoms with Crippen LogP contribution in [0.3, 0.4) is 0 Å². The highest BCUT2D eigenvalue weighted by molar-refractivity contribution is 7.92. The predicted octanol–water partition coefficient (Wildman–Crippen LogP) is 4.38. The Labute approximate surface area is 148 Å². The van der Waals surface area contributed by atoms with Crippen LogP contribution in [0.25, 0.3) is 0 Å². The molecule has 0 aliphatic carbocycles. The Bertz CT molecular complexity index is 781. The third-order valence-corrected chi connectivity index (χ3v) is 6.04. The molecule has 0 unspecified atom stereocenters. The summed E-state index contributed by atoms with van der Waals surface area (Å²) in [4.78, 5) is 2.54. The van der Waals surface area contributed by atoms with Gasteiger partial charge in [0.25, 0.3) is 10.0 Å². The second-order valence-corrected chi connectivity index (χ2v) is 8.39. The van der Waals surface area contributed by atoms with Crippen molar-refractivity contribution in [3.8, 4) is 0 Å². The second-order valence-electron chi connectivity index (χ2n) is 6.28. The van der Waals surface area contributed by atoms with Gasteiger partial charge < -0.3 is 4.90 Å². The number of hydrogen-bond acceptors (Lipinski definition) is 3. The minimum absolute atomic E-state index is 0.195. The summed E-state index contributed by atoms with van der Waals surface area (Å²) in [5, 5.41) is 0.508. The lowest BCUT2D eigenvalue weighted by Crippen LogP contribution is -2.32. The monoisotopic (exact) mass is 364 g/mol. The third-order valence-electron chi connectivity index (χ3n) is 4.39. The van der Waals surface area contributed by atoms with Crippen molar-refractivity contribution in [3.63, 3.8) is 0 Å². The molecule has 2 aromatic carbocycles. The van der Waals surface area contributed by atoms with Gasteiger partial charge in [-0.2, -0.15) is 0 Å². The van der Waals surface area contributed by atoms with E-state index in [1.807, 2.05) is 12.1 Å². The van der Waals surface area contributed by atoms with Gasteiger partial charge in [-0.25, -0.2) is 8.42 Å². The van der Waals surface area contributed by atoms with Crippen LogP contribution in [0.2, 0.25) is 5.02 Å². The number of halogens is 1. The zero-order valence-corrected chi connectivity index (χ0v) is 15.1. The molecular weight excluding hydrogens is 344 g/mol. The maximum atomic E-state index is 12.4. The number of rotatable bonds is 4. The Kier molecular flexibility index (Phi) is 5.01. The first-order valence-corrected chi connectivity index (χ1v) is 9.93. The molecule has 2 aromatic rings. The quantitative estimate of drug-likeness (QED) is 0.875. The van der Waals surface area contributed by atoms with Gasteiger partial charge in [0.05, 0.1) is 4.90 Å². The van der Waals surface area contributed by atoms with Crippen molar-refractivity contribution in [1.82, 2.24) is 0 Å². The Balaban J connectivity index is 1.70. The van der Waals surface area contributed by atoms with E-state index < -0.39 is 10.0 Å². The van der Waals surface area contributed by atoms with E-state index in [1.54, 1.807) is 24.3 Å². The molecule has 6 heteroatoms.